The van der Waals surface area contributed by atoms with Crippen LogP contribution in [0.15, 0.2) is 84.9 Å². The first kappa shape index (κ1) is 22.7. The molecule has 0 atom stereocenters. The van der Waals surface area contributed by atoms with Crippen LogP contribution in [0.3, 0.4) is 0 Å². The standard InChI is InChI=1S/C27H24N2O5/c1-32-23-13-7-5-11-21(23)28-26(30)17-34-25-16-19-10-4-3-9-18(19)15-20(25)27(31)29-22-12-6-8-14-24(22)33-2/h3-16H,17H2,1-2H3,(H,28,30)(H,29,31). The first-order valence-corrected chi connectivity index (χ1v) is 10.6. The van der Waals surface area contributed by atoms with Crippen molar-refractivity contribution in [2.45, 2.75) is 0 Å². The number of hydrogen-bond acceptors (Lipinski definition) is 5. The molecule has 2 amide bonds. The fraction of sp³-hybridized carbons (Fsp3) is 0.111. The molecular weight excluding hydrogens is 432 g/mol. The second kappa shape index (κ2) is 10.4. The smallest absolute Gasteiger partial charge is 0.262 e. The summed E-state index contributed by atoms with van der Waals surface area (Å²) in [6.07, 6.45) is 0. The molecule has 0 heterocycles. The predicted octanol–water partition coefficient (Wildman–Crippen LogP) is 5.13. The first-order valence-electron chi connectivity index (χ1n) is 10.6. The van der Waals surface area contributed by atoms with Gasteiger partial charge in [0.05, 0.1) is 31.2 Å². The highest BCUT2D eigenvalue weighted by Gasteiger charge is 2.17. The monoisotopic (exact) mass is 456 g/mol. The van der Waals surface area contributed by atoms with Crippen LogP contribution in [0.4, 0.5) is 11.4 Å². The van der Waals surface area contributed by atoms with E-state index in [1.807, 2.05) is 36.4 Å². The van der Waals surface area contributed by atoms with Gasteiger partial charge < -0.3 is 24.8 Å². The van der Waals surface area contributed by atoms with Gasteiger partial charge in [0.1, 0.15) is 17.2 Å². The molecule has 0 saturated carbocycles. The number of para-hydroxylation sites is 4. The number of anilines is 2. The van der Waals surface area contributed by atoms with Crippen LogP contribution in [-0.4, -0.2) is 32.6 Å². The molecule has 4 aromatic rings. The molecule has 172 valence electrons. The average Bonchev–Trinajstić information content (AvgIpc) is 2.87. The summed E-state index contributed by atoms with van der Waals surface area (Å²) in [6.45, 7) is -0.286. The summed E-state index contributed by atoms with van der Waals surface area (Å²) in [5.74, 6) is 0.610. The summed E-state index contributed by atoms with van der Waals surface area (Å²) in [5, 5.41) is 7.39. The number of carbonyl (C=O) groups is 2. The van der Waals surface area contributed by atoms with Crippen molar-refractivity contribution in [3.8, 4) is 17.2 Å². The molecule has 7 heteroatoms. The van der Waals surface area contributed by atoms with E-state index in [9.17, 15) is 9.59 Å². The van der Waals surface area contributed by atoms with Gasteiger partial charge in [-0.15, -0.1) is 0 Å². The Morgan fingerprint density at radius 3 is 1.82 bits per heavy atom. The Hall–Kier alpha value is -4.52. The van der Waals surface area contributed by atoms with Gasteiger partial charge in [-0.3, -0.25) is 9.59 Å². The molecule has 4 aromatic carbocycles. The number of fused-ring (bicyclic) bond motifs is 1. The van der Waals surface area contributed by atoms with Gasteiger partial charge in [-0.1, -0.05) is 48.5 Å². The van der Waals surface area contributed by atoms with Crippen molar-refractivity contribution in [3.63, 3.8) is 0 Å². The van der Waals surface area contributed by atoms with Gasteiger partial charge in [0.2, 0.25) is 0 Å². The Labute approximate surface area is 197 Å². The summed E-state index contributed by atoms with van der Waals surface area (Å²) in [6, 6.07) is 25.3. The summed E-state index contributed by atoms with van der Waals surface area (Å²) >= 11 is 0. The highest BCUT2D eigenvalue weighted by Crippen LogP contribution is 2.29. The molecule has 0 spiro atoms. The number of rotatable bonds is 8. The average molecular weight is 456 g/mol. The van der Waals surface area contributed by atoms with Crippen molar-refractivity contribution in [3.05, 3.63) is 90.5 Å². The van der Waals surface area contributed by atoms with Crippen LogP contribution >= 0.6 is 0 Å². The minimum atomic E-state index is -0.381. The van der Waals surface area contributed by atoms with Crippen LogP contribution in [0.1, 0.15) is 10.4 Å². The fourth-order valence-corrected chi connectivity index (χ4v) is 3.53. The summed E-state index contributed by atoms with van der Waals surface area (Å²) < 4.78 is 16.4. The predicted molar refractivity (Wildman–Crippen MR) is 132 cm³/mol. The second-order valence-electron chi connectivity index (χ2n) is 7.39. The van der Waals surface area contributed by atoms with E-state index in [-0.39, 0.29) is 18.4 Å². The zero-order chi connectivity index (χ0) is 23.9. The van der Waals surface area contributed by atoms with E-state index in [1.165, 1.54) is 14.2 Å². The molecule has 0 aliphatic heterocycles. The van der Waals surface area contributed by atoms with Crippen LogP contribution in [-0.2, 0) is 4.79 Å². The van der Waals surface area contributed by atoms with E-state index in [4.69, 9.17) is 14.2 Å². The van der Waals surface area contributed by atoms with E-state index in [1.54, 1.807) is 48.5 Å². The fourth-order valence-electron chi connectivity index (χ4n) is 3.53. The topological polar surface area (TPSA) is 85.9 Å². The molecule has 4 rings (SSSR count). The van der Waals surface area contributed by atoms with Gasteiger partial charge in [0, 0.05) is 0 Å². The largest absolute Gasteiger partial charge is 0.495 e. The second-order valence-corrected chi connectivity index (χ2v) is 7.39. The number of hydrogen-bond donors (Lipinski definition) is 2. The summed E-state index contributed by atoms with van der Waals surface area (Å²) in [5.41, 5.74) is 1.36. The molecule has 34 heavy (non-hydrogen) atoms. The lowest BCUT2D eigenvalue weighted by Crippen LogP contribution is -2.22. The maximum absolute atomic E-state index is 13.2. The van der Waals surface area contributed by atoms with Crippen LogP contribution in [0, 0.1) is 0 Å². The number of methoxy groups -OCH3 is 2. The van der Waals surface area contributed by atoms with E-state index in [2.05, 4.69) is 10.6 Å². The van der Waals surface area contributed by atoms with Gasteiger partial charge >= 0.3 is 0 Å². The molecule has 0 fully saturated rings. The van der Waals surface area contributed by atoms with Crippen LogP contribution < -0.4 is 24.8 Å². The van der Waals surface area contributed by atoms with Gasteiger partial charge in [-0.25, -0.2) is 0 Å². The van der Waals surface area contributed by atoms with E-state index >= 15 is 0 Å². The molecule has 0 aromatic heterocycles. The molecule has 0 aliphatic rings. The van der Waals surface area contributed by atoms with Crippen molar-refractivity contribution in [2.24, 2.45) is 0 Å². The number of carbonyl (C=O) groups excluding carboxylic acids is 2. The lowest BCUT2D eigenvalue weighted by molar-refractivity contribution is -0.118. The van der Waals surface area contributed by atoms with Gasteiger partial charge in [0.25, 0.3) is 11.8 Å². The van der Waals surface area contributed by atoms with Crippen LogP contribution in [0.2, 0.25) is 0 Å². The minimum Gasteiger partial charge on any atom is -0.495 e. The Kier molecular flexibility index (Phi) is 6.93. The Morgan fingerprint density at radius 1 is 0.676 bits per heavy atom. The third kappa shape index (κ3) is 5.10. The van der Waals surface area contributed by atoms with Crippen LogP contribution in [0.5, 0.6) is 17.2 Å². The molecule has 0 bridgehead atoms. The quantitative estimate of drug-likeness (QED) is 0.384. The maximum atomic E-state index is 13.2. The maximum Gasteiger partial charge on any atom is 0.262 e. The third-order valence-corrected chi connectivity index (χ3v) is 5.19. The lowest BCUT2D eigenvalue weighted by Gasteiger charge is -2.15. The summed E-state index contributed by atoms with van der Waals surface area (Å²) in [7, 11) is 3.07. The number of amides is 2. The van der Waals surface area contributed by atoms with Crippen molar-refractivity contribution in [1.29, 1.82) is 0 Å². The highest BCUT2D eigenvalue weighted by molar-refractivity contribution is 6.09. The Morgan fingerprint density at radius 2 is 1.21 bits per heavy atom. The SMILES string of the molecule is COc1ccccc1NC(=O)COc1cc2ccccc2cc1C(=O)Nc1ccccc1OC. The number of ether oxygens (including phenoxy) is 3. The lowest BCUT2D eigenvalue weighted by atomic mass is 10.1. The van der Waals surface area contributed by atoms with Crippen LogP contribution in [0.25, 0.3) is 10.8 Å². The molecule has 0 aliphatic carbocycles. The van der Waals surface area contributed by atoms with Crippen molar-refractivity contribution >= 4 is 34.0 Å². The Bertz CT molecular complexity index is 1340. The van der Waals surface area contributed by atoms with E-state index in [0.29, 0.717) is 34.2 Å². The van der Waals surface area contributed by atoms with Gasteiger partial charge in [-0.2, -0.15) is 0 Å². The highest BCUT2D eigenvalue weighted by atomic mass is 16.5. The Balaban J connectivity index is 1.58. The molecule has 0 radical (unpaired) electrons. The normalized spacial score (nSPS) is 10.4. The summed E-state index contributed by atoms with van der Waals surface area (Å²) in [4.78, 5) is 25.8. The minimum absolute atomic E-state index is 0.286. The number of nitrogens with one attached hydrogen (secondary N) is 2. The number of benzene rings is 4. The molecule has 2 N–H and O–H groups in total. The van der Waals surface area contributed by atoms with Gasteiger partial charge in [0.15, 0.2) is 6.61 Å². The zero-order valence-corrected chi connectivity index (χ0v) is 18.8. The molecular formula is C27H24N2O5. The first-order chi connectivity index (χ1) is 16.6. The molecule has 7 nitrogen and oxygen atoms in total. The van der Waals surface area contributed by atoms with E-state index in [0.717, 1.165) is 10.8 Å². The zero-order valence-electron chi connectivity index (χ0n) is 18.8. The van der Waals surface area contributed by atoms with Crippen molar-refractivity contribution in [1.82, 2.24) is 0 Å². The van der Waals surface area contributed by atoms with Gasteiger partial charge in [-0.05, 0) is 47.2 Å². The molecule has 0 unspecified atom stereocenters. The van der Waals surface area contributed by atoms with Crippen molar-refractivity contribution in [2.75, 3.05) is 31.5 Å². The van der Waals surface area contributed by atoms with Crippen molar-refractivity contribution < 1.29 is 23.8 Å². The van der Waals surface area contributed by atoms with E-state index < -0.39 is 0 Å². The molecule has 0 saturated heterocycles. The third-order valence-electron chi connectivity index (χ3n) is 5.19.